The summed E-state index contributed by atoms with van der Waals surface area (Å²) in [4.78, 5) is 15.8. The van der Waals surface area contributed by atoms with Gasteiger partial charge >= 0.3 is 0 Å². The Morgan fingerprint density at radius 3 is 2.84 bits per heavy atom. The van der Waals surface area contributed by atoms with Crippen molar-refractivity contribution < 1.29 is 9.18 Å². The number of benzene rings is 1. The number of fused-ring (bicyclic) bond motifs is 1. The lowest BCUT2D eigenvalue weighted by Crippen LogP contribution is -2.18. The minimum absolute atomic E-state index is 0.000406. The highest BCUT2D eigenvalue weighted by molar-refractivity contribution is 5.99. The van der Waals surface area contributed by atoms with Crippen molar-refractivity contribution >= 4 is 34.1 Å². The van der Waals surface area contributed by atoms with E-state index >= 15 is 0 Å². The molecule has 0 fully saturated rings. The molecular weight excluding hydrogens is 325 g/mol. The lowest BCUT2D eigenvalue weighted by atomic mass is 10.2. The molecule has 2 aromatic heterocycles. The summed E-state index contributed by atoms with van der Waals surface area (Å²) in [5, 5.41) is 10.9. The Kier molecular flexibility index (Phi) is 4.48. The number of pyridine rings is 1. The van der Waals surface area contributed by atoms with Gasteiger partial charge in [0.2, 0.25) is 0 Å². The molecule has 0 saturated carbocycles. The molecule has 8 nitrogen and oxygen atoms in total. The van der Waals surface area contributed by atoms with Crippen LogP contribution in [0.15, 0.2) is 30.5 Å². The summed E-state index contributed by atoms with van der Waals surface area (Å²) in [5.74, 6) is -1.29. The SMILES string of the molecule is Cn1ncc2ccc(Nc3nc(NCCN)c(F)cc3C(N)=O)cc21. The second-order valence-corrected chi connectivity index (χ2v) is 5.46. The first-order valence-corrected chi connectivity index (χ1v) is 7.62. The molecule has 2 heterocycles. The molecule has 130 valence electrons. The van der Waals surface area contributed by atoms with Crippen molar-refractivity contribution in [3.8, 4) is 0 Å². The van der Waals surface area contributed by atoms with E-state index in [-0.39, 0.29) is 17.2 Å². The van der Waals surface area contributed by atoms with Gasteiger partial charge in [0, 0.05) is 31.2 Å². The fourth-order valence-corrected chi connectivity index (χ4v) is 2.45. The first-order chi connectivity index (χ1) is 12.0. The van der Waals surface area contributed by atoms with Gasteiger partial charge in [0.05, 0.1) is 17.3 Å². The molecular formula is C16H18FN7O. The largest absolute Gasteiger partial charge is 0.366 e. The van der Waals surface area contributed by atoms with Gasteiger partial charge in [0.1, 0.15) is 5.82 Å². The number of aryl methyl sites for hydroxylation is 1. The van der Waals surface area contributed by atoms with E-state index in [1.807, 2.05) is 25.2 Å². The normalized spacial score (nSPS) is 10.8. The summed E-state index contributed by atoms with van der Waals surface area (Å²) >= 11 is 0. The van der Waals surface area contributed by atoms with Gasteiger partial charge in [-0.25, -0.2) is 9.37 Å². The van der Waals surface area contributed by atoms with Gasteiger partial charge in [0.25, 0.3) is 5.91 Å². The second kappa shape index (κ2) is 6.73. The molecule has 0 aliphatic carbocycles. The Bertz CT molecular complexity index is 938. The Hall–Kier alpha value is -3.20. The Morgan fingerprint density at radius 1 is 1.32 bits per heavy atom. The molecule has 0 radical (unpaired) electrons. The molecule has 0 unspecified atom stereocenters. The number of rotatable bonds is 6. The van der Waals surface area contributed by atoms with Gasteiger partial charge < -0.3 is 22.1 Å². The van der Waals surface area contributed by atoms with Crippen LogP contribution in [-0.4, -0.2) is 33.8 Å². The number of nitrogens with two attached hydrogens (primary N) is 2. The van der Waals surface area contributed by atoms with Crippen LogP contribution in [0.4, 0.5) is 21.7 Å². The third-order valence-corrected chi connectivity index (χ3v) is 3.69. The first kappa shape index (κ1) is 16.7. The van der Waals surface area contributed by atoms with Gasteiger partial charge in [-0.15, -0.1) is 0 Å². The molecule has 0 aliphatic rings. The van der Waals surface area contributed by atoms with Crippen LogP contribution >= 0.6 is 0 Å². The second-order valence-electron chi connectivity index (χ2n) is 5.46. The standard InChI is InChI=1S/C16H18FN7O/c1-24-13-6-10(3-2-9(13)8-21-24)22-15-11(14(19)25)7-12(17)16(23-15)20-5-4-18/h2-3,6-8H,4-5,18H2,1H3,(H2,19,25)(H2,20,22,23). The first-order valence-electron chi connectivity index (χ1n) is 7.62. The predicted molar refractivity (Wildman–Crippen MR) is 94.3 cm³/mol. The van der Waals surface area contributed by atoms with Crippen molar-refractivity contribution in [1.82, 2.24) is 14.8 Å². The van der Waals surface area contributed by atoms with E-state index in [0.717, 1.165) is 17.0 Å². The number of carbonyl (C=O) groups is 1. The van der Waals surface area contributed by atoms with Crippen LogP contribution in [0.25, 0.3) is 10.9 Å². The summed E-state index contributed by atoms with van der Waals surface area (Å²) in [5.41, 5.74) is 12.3. The number of aromatic nitrogens is 3. The van der Waals surface area contributed by atoms with E-state index in [0.29, 0.717) is 18.8 Å². The maximum Gasteiger partial charge on any atom is 0.252 e. The van der Waals surface area contributed by atoms with E-state index < -0.39 is 11.7 Å². The molecule has 3 aromatic rings. The maximum absolute atomic E-state index is 14.1. The number of anilines is 3. The van der Waals surface area contributed by atoms with E-state index in [2.05, 4.69) is 20.7 Å². The highest BCUT2D eigenvalue weighted by Crippen LogP contribution is 2.25. The van der Waals surface area contributed by atoms with Gasteiger partial charge in [-0.2, -0.15) is 5.10 Å². The highest BCUT2D eigenvalue weighted by Gasteiger charge is 2.16. The van der Waals surface area contributed by atoms with Crippen LogP contribution in [0.3, 0.4) is 0 Å². The molecule has 1 amide bonds. The molecule has 0 atom stereocenters. The molecule has 9 heteroatoms. The van der Waals surface area contributed by atoms with Crippen molar-refractivity contribution in [3.05, 3.63) is 41.8 Å². The van der Waals surface area contributed by atoms with Crippen LogP contribution in [0.1, 0.15) is 10.4 Å². The quantitative estimate of drug-likeness (QED) is 0.535. The zero-order valence-corrected chi connectivity index (χ0v) is 13.6. The third kappa shape index (κ3) is 3.36. The topological polar surface area (TPSA) is 124 Å². The lowest BCUT2D eigenvalue weighted by molar-refractivity contribution is 0.100. The van der Waals surface area contributed by atoms with Crippen LogP contribution in [0.2, 0.25) is 0 Å². The zero-order chi connectivity index (χ0) is 18.0. The molecule has 3 rings (SSSR count). The van der Waals surface area contributed by atoms with Crippen LogP contribution in [0, 0.1) is 5.82 Å². The molecule has 25 heavy (non-hydrogen) atoms. The number of hydrogen-bond donors (Lipinski definition) is 4. The number of primary amides is 1. The lowest BCUT2D eigenvalue weighted by Gasteiger charge is -2.13. The summed E-state index contributed by atoms with van der Waals surface area (Å²) < 4.78 is 15.8. The Balaban J connectivity index is 2.00. The van der Waals surface area contributed by atoms with Gasteiger partial charge in [-0.3, -0.25) is 9.48 Å². The van der Waals surface area contributed by atoms with Crippen molar-refractivity contribution in [3.63, 3.8) is 0 Å². The van der Waals surface area contributed by atoms with E-state index in [1.54, 1.807) is 10.9 Å². The molecule has 0 saturated heterocycles. The van der Waals surface area contributed by atoms with Gasteiger partial charge in [-0.1, -0.05) is 0 Å². The van der Waals surface area contributed by atoms with E-state index in [1.165, 1.54) is 0 Å². The minimum Gasteiger partial charge on any atom is -0.366 e. The van der Waals surface area contributed by atoms with Gasteiger partial charge in [-0.05, 0) is 24.3 Å². The smallest absolute Gasteiger partial charge is 0.252 e. The average molecular weight is 343 g/mol. The monoisotopic (exact) mass is 343 g/mol. The fraction of sp³-hybridized carbons (Fsp3) is 0.188. The summed E-state index contributed by atoms with van der Waals surface area (Å²) in [6.45, 7) is 0.666. The van der Waals surface area contributed by atoms with Crippen molar-refractivity contribution in [2.24, 2.45) is 18.5 Å². The van der Waals surface area contributed by atoms with Crippen molar-refractivity contribution in [2.45, 2.75) is 0 Å². The summed E-state index contributed by atoms with van der Waals surface area (Å²) in [7, 11) is 1.83. The predicted octanol–water partition coefficient (Wildman–Crippen LogP) is 1.32. The van der Waals surface area contributed by atoms with Crippen LogP contribution < -0.4 is 22.1 Å². The molecule has 0 spiro atoms. The third-order valence-electron chi connectivity index (χ3n) is 3.69. The fourth-order valence-electron chi connectivity index (χ4n) is 2.45. The Morgan fingerprint density at radius 2 is 2.12 bits per heavy atom. The molecule has 1 aromatic carbocycles. The number of carbonyl (C=O) groups excluding carboxylic acids is 1. The van der Waals surface area contributed by atoms with Gasteiger partial charge in [0.15, 0.2) is 11.6 Å². The minimum atomic E-state index is -0.777. The molecule has 6 N–H and O–H groups in total. The average Bonchev–Trinajstić information content (AvgIpc) is 2.95. The van der Waals surface area contributed by atoms with E-state index in [9.17, 15) is 9.18 Å². The van der Waals surface area contributed by atoms with Crippen molar-refractivity contribution in [2.75, 3.05) is 23.7 Å². The number of hydrogen-bond acceptors (Lipinski definition) is 6. The summed E-state index contributed by atoms with van der Waals surface area (Å²) in [6, 6.07) is 6.60. The number of amides is 1. The van der Waals surface area contributed by atoms with Crippen LogP contribution in [-0.2, 0) is 7.05 Å². The Labute approximate surface area is 143 Å². The van der Waals surface area contributed by atoms with Crippen LogP contribution in [0.5, 0.6) is 0 Å². The van der Waals surface area contributed by atoms with E-state index in [4.69, 9.17) is 11.5 Å². The molecule has 0 aliphatic heterocycles. The number of nitrogens with one attached hydrogen (secondary N) is 2. The number of nitrogens with zero attached hydrogens (tertiary/aromatic N) is 3. The van der Waals surface area contributed by atoms with Crippen molar-refractivity contribution in [1.29, 1.82) is 0 Å². The zero-order valence-electron chi connectivity index (χ0n) is 13.6. The summed E-state index contributed by atoms with van der Waals surface area (Å²) in [6.07, 6.45) is 1.75. The highest BCUT2D eigenvalue weighted by atomic mass is 19.1. The maximum atomic E-state index is 14.1. The molecule has 0 bridgehead atoms. The number of halogens is 1.